The molecule has 0 amide bonds. The minimum absolute atomic E-state index is 0.147. The summed E-state index contributed by atoms with van der Waals surface area (Å²) < 4.78 is 4.92. The van der Waals surface area contributed by atoms with E-state index in [9.17, 15) is 4.79 Å². The fourth-order valence-electron chi connectivity index (χ4n) is 0.824. The molecule has 0 N–H and O–H groups in total. The summed E-state index contributed by atoms with van der Waals surface area (Å²) in [5.74, 6) is -0.478. The lowest BCUT2D eigenvalue weighted by atomic mass is 10.4. The zero-order chi connectivity index (χ0) is 10.4. The number of carbonyl (C=O) groups excluding carboxylic acids is 1. The average Bonchev–Trinajstić information content (AvgIpc) is 2.18. The SMILES string of the molecule is CCCCOC(=O)c1cncc(Cl)n1. The zero-order valence-corrected chi connectivity index (χ0v) is 8.62. The van der Waals surface area contributed by atoms with Crippen LogP contribution >= 0.6 is 11.6 Å². The molecule has 0 radical (unpaired) electrons. The van der Waals surface area contributed by atoms with Crippen LogP contribution in [0.4, 0.5) is 0 Å². The van der Waals surface area contributed by atoms with E-state index in [1.807, 2.05) is 6.92 Å². The Morgan fingerprint density at radius 3 is 3.00 bits per heavy atom. The van der Waals surface area contributed by atoms with Crippen LogP contribution in [-0.2, 0) is 4.74 Å². The maximum absolute atomic E-state index is 11.3. The van der Waals surface area contributed by atoms with Gasteiger partial charge in [-0.05, 0) is 6.42 Å². The number of nitrogens with zero attached hydrogens (tertiary/aromatic N) is 2. The highest BCUT2D eigenvalue weighted by Crippen LogP contribution is 2.04. The van der Waals surface area contributed by atoms with Crippen molar-refractivity contribution in [2.24, 2.45) is 0 Å². The molecule has 0 atom stereocenters. The van der Waals surface area contributed by atoms with E-state index in [0.29, 0.717) is 6.61 Å². The van der Waals surface area contributed by atoms with Crippen molar-refractivity contribution in [2.45, 2.75) is 19.8 Å². The lowest BCUT2D eigenvalue weighted by Gasteiger charge is -2.02. The molecule has 1 aromatic heterocycles. The van der Waals surface area contributed by atoms with Gasteiger partial charge < -0.3 is 4.74 Å². The molecule has 0 bridgehead atoms. The molecule has 0 saturated carbocycles. The van der Waals surface area contributed by atoms with Crippen LogP contribution < -0.4 is 0 Å². The number of hydrogen-bond donors (Lipinski definition) is 0. The van der Waals surface area contributed by atoms with Crippen molar-refractivity contribution < 1.29 is 9.53 Å². The molecule has 0 aliphatic carbocycles. The minimum atomic E-state index is -0.478. The molecule has 0 spiro atoms. The average molecular weight is 215 g/mol. The predicted molar refractivity (Wildman–Crippen MR) is 52.2 cm³/mol. The van der Waals surface area contributed by atoms with Crippen LogP contribution in [0.1, 0.15) is 30.3 Å². The third-order valence-corrected chi connectivity index (χ3v) is 1.73. The third-order valence-electron chi connectivity index (χ3n) is 1.55. The molecule has 0 fully saturated rings. The second-order valence-electron chi connectivity index (χ2n) is 2.72. The number of esters is 1. The standard InChI is InChI=1S/C9H11ClN2O2/c1-2-3-4-14-9(13)7-5-11-6-8(10)12-7/h5-6H,2-4H2,1H3. The molecule has 1 heterocycles. The fourth-order valence-corrected chi connectivity index (χ4v) is 0.971. The molecule has 1 rings (SSSR count). The smallest absolute Gasteiger partial charge is 0.358 e. The molecule has 4 nitrogen and oxygen atoms in total. The maximum atomic E-state index is 11.3. The first kappa shape index (κ1) is 10.9. The van der Waals surface area contributed by atoms with Crippen LogP contribution in [0, 0.1) is 0 Å². The van der Waals surface area contributed by atoms with Gasteiger partial charge in [-0.2, -0.15) is 0 Å². The molecule has 76 valence electrons. The Morgan fingerprint density at radius 1 is 1.57 bits per heavy atom. The Balaban J connectivity index is 2.52. The van der Waals surface area contributed by atoms with Crippen molar-refractivity contribution in [3.63, 3.8) is 0 Å². The lowest BCUT2D eigenvalue weighted by molar-refractivity contribution is 0.0492. The van der Waals surface area contributed by atoms with Gasteiger partial charge in [0.05, 0.1) is 19.0 Å². The van der Waals surface area contributed by atoms with E-state index in [4.69, 9.17) is 16.3 Å². The van der Waals surface area contributed by atoms with Gasteiger partial charge in [0.1, 0.15) is 5.15 Å². The van der Waals surface area contributed by atoms with Crippen LogP contribution in [-0.4, -0.2) is 22.5 Å². The van der Waals surface area contributed by atoms with Gasteiger partial charge in [0, 0.05) is 0 Å². The molecular weight excluding hydrogens is 204 g/mol. The van der Waals surface area contributed by atoms with E-state index < -0.39 is 5.97 Å². The van der Waals surface area contributed by atoms with Crippen molar-refractivity contribution in [3.8, 4) is 0 Å². The molecule has 1 aromatic rings. The number of hydrogen-bond acceptors (Lipinski definition) is 4. The third kappa shape index (κ3) is 3.30. The first-order valence-electron chi connectivity index (χ1n) is 4.38. The van der Waals surface area contributed by atoms with E-state index >= 15 is 0 Å². The van der Waals surface area contributed by atoms with Crippen LogP contribution in [0.3, 0.4) is 0 Å². The molecule has 5 heteroatoms. The quantitative estimate of drug-likeness (QED) is 0.569. The van der Waals surface area contributed by atoms with Crippen molar-refractivity contribution in [1.29, 1.82) is 0 Å². The van der Waals surface area contributed by atoms with Gasteiger partial charge in [-0.15, -0.1) is 0 Å². The van der Waals surface area contributed by atoms with E-state index in [1.54, 1.807) is 0 Å². The van der Waals surface area contributed by atoms with Gasteiger partial charge in [-0.1, -0.05) is 24.9 Å². The topological polar surface area (TPSA) is 52.1 Å². The van der Waals surface area contributed by atoms with Crippen molar-refractivity contribution in [3.05, 3.63) is 23.2 Å². The minimum Gasteiger partial charge on any atom is -0.461 e. The Bertz CT molecular complexity index is 317. The van der Waals surface area contributed by atoms with Gasteiger partial charge in [0.2, 0.25) is 0 Å². The second-order valence-corrected chi connectivity index (χ2v) is 3.10. The van der Waals surface area contributed by atoms with Gasteiger partial charge in [0.25, 0.3) is 0 Å². The monoisotopic (exact) mass is 214 g/mol. The summed E-state index contributed by atoms with van der Waals surface area (Å²) in [5.41, 5.74) is 0.147. The number of carbonyl (C=O) groups is 1. The van der Waals surface area contributed by atoms with Gasteiger partial charge >= 0.3 is 5.97 Å². The highest BCUT2D eigenvalue weighted by molar-refractivity contribution is 6.29. The van der Waals surface area contributed by atoms with Crippen molar-refractivity contribution in [2.75, 3.05) is 6.61 Å². The van der Waals surface area contributed by atoms with Crippen LogP contribution in [0.25, 0.3) is 0 Å². The summed E-state index contributed by atoms with van der Waals surface area (Å²) in [6, 6.07) is 0. The molecule has 0 aliphatic rings. The number of halogens is 1. The first-order valence-corrected chi connectivity index (χ1v) is 4.76. The molecule has 0 saturated heterocycles. The zero-order valence-electron chi connectivity index (χ0n) is 7.86. The Kier molecular flexibility index (Phi) is 4.32. The van der Waals surface area contributed by atoms with E-state index in [2.05, 4.69) is 9.97 Å². The summed E-state index contributed by atoms with van der Waals surface area (Å²) >= 11 is 5.57. The summed E-state index contributed by atoms with van der Waals surface area (Å²) in [6.45, 7) is 2.43. The summed E-state index contributed by atoms with van der Waals surface area (Å²) in [5, 5.41) is 0.190. The lowest BCUT2D eigenvalue weighted by Crippen LogP contribution is -2.08. The number of aromatic nitrogens is 2. The molecule has 0 aromatic carbocycles. The molecule has 0 unspecified atom stereocenters. The highest BCUT2D eigenvalue weighted by atomic mass is 35.5. The Morgan fingerprint density at radius 2 is 2.36 bits per heavy atom. The molecular formula is C9H11ClN2O2. The maximum Gasteiger partial charge on any atom is 0.358 e. The van der Waals surface area contributed by atoms with Crippen molar-refractivity contribution >= 4 is 17.6 Å². The number of rotatable bonds is 4. The van der Waals surface area contributed by atoms with Gasteiger partial charge in [-0.25, -0.2) is 9.78 Å². The fraction of sp³-hybridized carbons (Fsp3) is 0.444. The summed E-state index contributed by atoms with van der Waals surface area (Å²) in [7, 11) is 0. The summed E-state index contributed by atoms with van der Waals surface area (Å²) in [6.07, 6.45) is 4.53. The van der Waals surface area contributed by atoms with Crippen molar-refractivity contribution in [1.82, 2.24) is 9.97 Å². The second kappa shape index (κ2) is 5.54. The number of unbranched alkanes of at least 4 members (excludes halogenated alkanes) is 1. The normalized spacial score (nSPS) is 9.86. The van der Waals surface area contributed by atoms with Gasteiger partial charge in [0.15, 0.2) is 5.69 Å². The highest BCUT2D eigenvalue weighted by Gasteiger charge is 2.08. The molecule has 14 heavy (non-hydrogen) atoms. The molecule has 0 aliphatic heterocycles. The van der Waals surface area contributed by atoms with Crippen LogP contribution in [0.5, 0.6) is 0 Å². The van der Waals surface area contributed by atoms with E-state index in [0.717, 1.165) is 12.8 Å². The van der Waals surface area contributed by atoms with E-state index in [-0.39, 0.29) is 10.8 Å². The summed E-state index contributed by atoms with van der Waals surface area (Å²) in [4.78, 5) is 18.8. The van der Waals surface area contributed by atoms with Gasteiger partial charge in [-0.3, -0.25) is 4.98 Å². The van der Waals surface area contributed by atoms with E-state index in [1.165, 1.54) is 12.4 Å². The Hall–Kier alpha value is -1.16. The van der Waals surface area contributed by atoms with Crippen LogP contribution in [0.15, 0.2) is 12.4 Å². The first-order chi connectivity index (χ1) is 6.74. The van der Waals surface area contributed by atoms with Crippen LogP contribution in [0.2, 0.25) is 5.15 Å². The number of ether oxygens (including phenoxy) is 1. The predicted octanol–water partition coefficient (Wildman–Crippen LogP) is 2.09. The largest absolute Gasteiger partial charge is 0.461 e. The Labute approximate surface area is 87.3 Å².